The van der Waals surface area contributed by atoms with E-state index in [9.17, 15) is 4.79 Å². The van der Waals surface area contributed by atoms with Crippen LogP contribution in [0.15, 0.2) is 18.5 Å². The van der Waals surface area contributed by atoms with Crippen LogP contribution in [0.5, 0.6) is 0 Å². The Kier molecular flexibility index (Phi) is 4.57. The maximum absolute atomic E-state index is 10.5. The van der Waals surface area contributed by atoms with Crippen LogP contribution in [0.3, 0.4) is 0 Å². The Bertz CT molecular complexity index is 275. The monoisotopic (exact) mass is 194 g/mol. The molecule has 1 amide bonds. The van der Waals surface area contributed by atoms with E-state index in [4.69, 9.17) is 0 Å². The lowest BCUT2D eigenvalue weighted by Crippen LogP contribution is -2.30. The third kappa shape index (κ3) is 4.51. The van der Waals surface area contributed by atoms with Gasteiger partial charge in [0.1, 0.15) is 5.82 Å². The first kappa shape index (κ1) is 10.6. The van der Waals surface area contributed by atoms with Crippen molar-refractivity contribution >= 4 is 5.91 Å². The van der Waals surface area contributed by atoms with E-state index in [0.717, 1.165) is 12.4 Å². The SMILES string of the molecule is CC(=O)NCCNCc1ncccn1. The molecule has 76 valence electrons. The van der Waals surface area contributed by atoms with Gasteiger partial charge in [-0.25, -0.2) is 9.97 Å². The number of hydrogen-bond acceptors (Lipinski definition) is 4. The summed E-state index contributed by atoms with van der Waals surface area (Å²) in [6, 6.07) is 1.78. The predicted molar refractivity (Wildman–Crippen MR) is 52.4 cm³/mol. The van der Waals surface area contributed by atoms with Gasteiger partial charge in [-0.3, -0.25) is 4.79 Å². The minimum atomic E-state index is -0.0113. The normalized spacial score (nSPS) is 9.79. The van der Waals surface area contributed by atoms with Crippen LogP contribution in [0.1, 0.15) is 12.7 Å². The summed E-state index contributed by atoms with van der Waals surface area (Å²) >= 11 is 0. The van der Waals surface area contributed by atoms with Crippen LogP contribution >= 0.6 is 0 Å². The Labute approximate surface area is 83.0 Å². The molecule has 0 spiro atoms. The highest BCUT2D eigenvalue weighted by molar-refractivity contribution is 5.72. The number of nitrogens with one attached hydrogen (secondary N) is 2. The van der Waals surface area contributed by atoms with Crippen molar-refractivity contribution in [1.82, 2.24) is 20.6 Å². The molecule has 0 atom stereocenters. The molecule has 14 heavy (non-hydrogen) atoms. The number of rotatable bonds is 5. The second-order valence-electron chi connectivity index (χ2n) is 2.82. The quantitative estimate of drug-likeness (QED) is 0.632. The Balaban J connectivity index is 2.08. The van der Waals surface area contributed by atoms with Gasteiger partial charge in [-0.15, -0.1) is 0 Å². The van der Waals surface area contributed by atoms with E-state index in [0.29, 0.717) is 13.1 Å². The molecule has 1 rings (SSSR count). The van der Waals surface area contributed by atoms with Crippen molar-refractivity contribution in [3.05, 3.63) is 24.3 Å². The fourth-order valence-corrected chi connectivity index (χ4v) is 0.948. The predicted octanol–water partition coefficient (Wildman–Crippen LogP) is -0.298. The topological polar surface area (TPSA) is 66.9 Å². The molecule has 0 aromatic carbocycles. The lowest BCUT2D eigenvalue weighted by molar-refractivity contribution is -0.118. The maximum atomic E-state index is 10.5. The lowest BCUT2D eigenvalue weighted by Gasteiger charge is -2.03. The third-order valence-corrected chi connectivity index (χ3v) is 1.58. The maximum Gasteiger partial charge on any atom is 0.216 e. The summed E-state index contributed by atoms with van der Waals surface area (Å²) < 4.78 is 0. The number of carbonyl (C=O) groups is 1. The van der Waals surface area contributed by atoms with Crippen LogP contribution in [0.2, 0.25) is 0 Å². The van der Waals surface area contributed by atoms with E-state index >= 15 is 0 Å². The molecular formula is C9H14N4O. The van der Waals surface area contributed by atoms with Crippen molar-refractivity contribution in [3.8, 4) is 0 Å². The molecule has 2 N–H and O–H groups in total. The number of aromatic nitrogens is 2. The molecule has 0 bridgehead atoms. The number of carbonyl (C=O) groups excluding carboxylic acids is 1. The van der Waals surface area contributed by atoms with Crippen LogP contribution in [0, 0.1) is 0 Å². The number of nitrogens with zero attached hydrogens (tertiary/aromatic N) is 2. The van der Waals surface area contributed by atoms with E-state index in [1.54, 1.807) is 18.5 Å². The zero-order chi connectivity index (χ0) is 10.2. The molecule has 0 aliphatic heterocycles. The van der Waals surface area contributed by atoms with Crippen LogP contribution in [-0.2, 0) is 11.3 Å². The van der Waals surface area contributed by atoms with Gasteiger partial charge in [0.15, 0.2) is 0 Å². The summed E-state index contributed by atoms with van der Waals surface area (Å²) in [6.45, 7) is 3.47. The molecule has 0 aliphatic rings. The second kappa shape index (κ2) is 6.04. The Morgan fingerprint density at radius 3 is 2.71 bits per heavy atom. The zero-order valence-electron chi connectivity index (χ0n) is 8.16. The summed E-state index contributed by atoms with van der Waals surface area (Å²) in [5, 5.41) is 5.81. The minimum Gasteiger partial charge on any atom is -0.355 e. The molecule has 1 aromatic heterocycles. The Morgan fingerprint density at radius 1 is 1.36 bits per heavy atom. The number of hydrogen-bond donors (Lipinski definition) is 2. The smallest absolute Gasteiger partial charge is 0.216 e. The van der Waals surface area contributed by atoms with E-state index in [1.807, 2.05) is 0 Å². The molecule has 5 nitrogen and oxygen atoms in total. The highest BCUT2D eigenvalue weighted by Gasteiger charge is 1.93. The van der Waals surface area contributed by atoms with Crippen LogP contribution < -0.4 is 10.6 Å². The van der Waals surface area contributed by atoms with Crippen LogP contribution in [0.25, 0.3) is 0 Å². The molecule has 0 saturated carbocycles. The van der Waals surface area contributed by atoms with Crippen LogP contribution in [-0.4, -0.2) is 29.0 Å². The van der Waals surface area contributed by atoms with Crippen molar-refractivity contribution < 1.29 is 4.79 Å². The third-order valence-electron chi connectivity index (χ3n) is 1.58. The van der Waals surface area contributed by atoms with Gasteiger partial charge in [-0.2, -0.15) is 0 Å². The van der Waals surface area contributed by atoms with Gasteiger partial charge in [-0.05, 0) is 6.07 Å². The van der Waals surface area contributed by atoms with Gasteiger partial charge in [0.05, 0.1) is 6.54 Å². The molecule has 0 aliphatic carbocycles. The summed E-state index contributed by atoms with van der Waals surface area (Å²) in [5.74, 6) is 0.748. The highest BCUT2D eigenvalue weighted by Crippen LogP contribution is 1.84. The van der Waals surface area contributed by atoms with Gasteiger partial charge in [0, 0.05) is 32.4 Å². The van der Waals surface area contributed by atoms with Gasteiger partial charge in [0.2, 0.25) is 5.91 Å². The summed E-state index contributed by atoms with van der Waals surface area (Å²) in [4.78, 5) is 18.6. The molecule has 0 unspecified atom stereocenters. The van der Waals surface area contributed by atoms with E-state index in [2.05, 4.69) is 20.6 Å². The summed E-state index contributed by atoms with van der Waals surface area (Å²) in [7, 11) is 0. The Hall–Kier alpha value is -1.49. The standard InChI is InChI=1S/C9H14N4O/c1-8(14)11-6-5-10-7-9-12-3-2-4-13-9/h2-4,10H,5-7H2,1H3,(H,11,14). The summed E-state index contributed by atoms with van der Waals surface area (Å²) in [6.07, 6.45) is 3.41. The van der Waals surface area contributed by atoms with Crippen molar-refractivity contribution in [2.75, 3.05) is 13.1 Å². The molecule has 5 heteroatoms. The largest absolute Gasteiger partial charge is 0.355 e. The van der Waals surface area contributed by atoms with E-state index < -0.39 is 0 Å². The lowest BCUT2D eigenvalue weighted by atomic mass is 10.5. The zero-order valence-corrected chi connectivity index (χ0v) is 8.16. The molecule has 0 saturated heterocycles. The Morgan fingerprint density at radius 2 is 2.07 bits per heavy atom. The average molecular weight is 194 g/mol. The minimum absolute atomic E-state index is 0.0113. The first-order chi connectivity index (χ1) is 6.79. The highest BCUT2D eigenvalue weighted by atomic mass is 16.1. The summed E-state index contributed by atoms with van der Waals surface area (Å²) in [5.41, 5.74) is 0. The van der Waals surface area contributed by atoms with E-state index in [-0.39, 0.29) is 5.91 Å². The first-order valence-electron chi connectivity index (χ1n) is 4.50. The van der Waals surface area contributed by atoms with Gasteiger partial charge >= 0.3 is 0 Å². The number of amides is 1. The van der Waals surface area contributed by atoms with Crippen molar-refractivity contribution in [3.63, 3.8) is 0 Å². The molecule has 1 heterocycles. The molecule has 1 aromatic rings. The van der Waals surface area contributed by atoms with Gasteiger partial charge < -0.3 is 10.6 Å². The van der Waals surface area contributed by atoms with Gasteiger partial charge in [0.25, 0.3) is 0 Å². The van der Waals surface area contributed by atoms with Crippen molar-refractivity contribution in [1.29, 1.82) is 0 Å². The van der Waals surface area contributed by atoms with Crippen molar-refractivity contribution in [2.24, 2.45) is 0 Å². The molecule has 0 radical (unpaired) electrons. The molecular weight excluding hydrogens is 180 g/mol. The fourth-order valence-electron chi connectivity index (χ4n) is 0.948. The fraction of sp³-hybridized carbons (Fsp3) is 0.444. The average Bonchev–Trinajstić information content (AvgIpc) is 2.18. The van der Waals surface area contributed by atoms with Gasteiger partial charge in [-0.1, -0.05) is 0 Å². The second-order valence-corrected chi connectivity index (χ2v) is 2.82. The van der Waals surface area contributed by atoms with Crippen LogP contribution in [0.4, 0.5) is 0 Å². The van der Waals surface area contributed by atoms with E-state index in [1.165, 1.54) is 6.92 Å². The van der Waals surface area contributed by atoms with Crippen molar-refractivity contribution in [2.45, 2.75) is 13.5 Å². The first-order valence-corrected chi connectivity index (χ1v) is 4.50. The molecule has 0 fully saturated rings.